The molecule has 1 aliphatic rings. The van der Waals surface area contributed by atoms with Crippen molar-refractivity contribution in [1.29, 1.82) is 0 Å². The molecule has 0 atom stereocenters. The molecule has 3 aromatic rings. The van der Waals surface area contributed by atoms with Gasteiger partial charge in [0.1, 0.15) is 5.82 Å². The zero-order valence-corrected chi connectivity index (χ0v) is 17.0. The minimum absolute atomic E-state index is 0.115. The molecule has 10 nitrogen and oxygen atoms in total. The Morgan fingerprint density at radius 1 is 1.23 bits per heavy atom. The third-order valence-corrected chi connectivity index (χ3v) is 5.38. The van der Waals surface area contributed by atoms with Crippen LogP contribution in [0.15, 0.2) is 45.7 Å². The van der Waals surface area contributed by atoms with E-state index in [4.69, 9.17) is 4.42 Å². The van der Waals surface area contributed by atoms with Crippen molar-refractivity contribution >= 4 is 28.5 Å². The van der Waals surface area contributed by atoms with Crippen molar-refractivity contribution in [2.24, 2.45) is 0 Å². The van der Waals surface area contributed by atoms with Gasteiger partial charge in [0.25, 0.3) is 5.69 Å². The van der Waals surface area contributed by atoms with Gasteiger partial charge < -0.3 is 14.6 Å². The quantitative estimate of drug-likeness (QED) is 0.434. The third kappa shape index (κ3) is 4.73. The fourth-order valence-corrected chi connectivity index (χ4v) is 3.76. The van der Waals surface area contributed by atoms with Gasteiger partial charge in [0.2, 0.25) is 5.91 Å². The lowest BCUT2D eigenvalue weighted by molar-refractivity contribution is -0.384. The molecule has 2 aromatic heterocycles. The van der Waals surface area contributed by atoms with Crippen LogP contribution in [0.5, 0.6) is 0 Å². The van der Waals surface area contributed by atoms with Gasteiger partial charge in [-0.2, -0.15) is 0 Å². The predicted octanol–water partition coefficient (Wildman–Crippen LogP) is 2.59. The highest BCUT2D eigenvalue weighted by Gasteiger charge is 2.15. The Kier molecular flexibility index (Phi) is 5.96. The molecule has 4 rings (SSSR count). The van der Waals surface area contributed by atoms with Crippen LogP contribution in [0.4, 0.5) is 11.5 Å². The minimum Gasteiger partial charge on any atom is -0.407 e. The first-order valence-electron chi connectivity index (χ1n) is 10.3. The Morgan fingerprint density at radius 3 is 2.81 bits per heavy atom. The first kappa shape index (κ1) is 20.6. The number of rotatable bonds is 8. The topological polar surface area (TPSA) is 124 Å². The molecular formula is C21H23N5O5. The molecule has 0 aliphatic carbocycles. The van der Waals surface area contributed by atoms with Crippen molar-refractivity contribution in [3.8, 4) is 0 Å². The summed E-state index contributed by atoms with van der Waals surface area (Å²) in [5.74, 6) is 0.230. The number of aromatic nitrogens is 2. The van der Waals surface area contributed by atoms with E-state index < -0.39 is 10.7 Å². The molecule has 162 valence electrons. The molecule has 0 spiro atoms. The second-order valence-corrected chi connectivity index (χ2v) is 7.53. The summed E-state index contributed by atoms with van der Waals surface area (Å²) in [5, 5.41) is 13.8. The lowest BCUT2D eigenvalue weighted by atomic mass is 10.2. The number of anilines is 1. The largest absolute Gasteiger partial charge is 0.419 e. The smallest absolute Gasteiger partial charge is 0.407 e. The number of nitrogens with zero attached hydrogens (tertiary/aromatic N) is 4. The van der Waals surface area contributed by atoms with E-state index in [1.807, 2.05) is 12.1 Å². The first-order chi connectivity index (χ1) is 15.0. The number of hydrogen-bond acceptors (Lipinski definition) is 7. The van der Waals surface area contributed by atoms with E-state index in [2.05, 4.69) is 15.2 Å². The minimum atomic E-state index is -0.595. The second-order valence-electron chi connectivity index (χ2n) is 7.53. The number of fused-ring (bicyclic) bond motifs is 1. The van der Waals surface area contributed by atoms with E-state index in [1.165, 1.54) is 35.6 Å². The van der Waals surface area contributed by atoms with E-state index >= 15 is 0 Å². The Labute approximate surface area is 177 Å². The number of oxazole rings is 1. The van der Waals surface area contributed by atoms with Gasteiger partial charge in [-0.1, -0.05) is 0 Å². The highest BCUT2D eigenvalue weighted by atomic mass is 16.6. The molecular weight excluding hydrogens is 402 g/mol. The van der Waals surface area contributed by atoms with Gasteiger partial charge in [0.05, 0.1) is 16.5 Å². The Hall–Kier alpha value is -3.69. The molecule has 10 heteroatoms. The third-order valence-electron chi connectivity index (χ3n) is 5.38. The van der Waals surface area contributed by atoms with Crippen molar-refractivity contribution in [3.63, 3.8) is 0 Å². The second kappa shape index (κ2) is 8.99. The molecule has 0 bridgehead atoms. The normalized spacial score (nSPS) is 13.6. The average molecular weight is 425 g/mol. The van der Waals surface area contributed by atoms with Crippen molar-refractivity contribution < 1.29 is 14.1 Å². The molecule has 0 saturated carbocycles. The molecule has 0 unspecified atom stereocenters. The SMILES string of the molecule is O=C(CCCn1c(=O)oc2cc([N+](=O)[O-])ccc21)NCc1ccnc(N2CCCC2)c1. The predicted molar refractivity (Wildman–Crippen MR) is 114 cm³/mol. The van der Waals surface area contributed by atoms with Gasteiger partial charge in [0, 0.05) is 44.9 Å². The molecule has 1 aliphatic heterocycles. The summed E-state index contributed by atoms with van der Waals surface area (Å²) in [6, 6.07) is 7.93. The van der Waals surface area contributed by atoms with Crippen molar-refractivity contribution in [2.45, 2.75) is 38.8 Å². The lowest BCUT2D eigenvalue weighted by Gasteiger charge is -2.17. The van der Waals surface area contributed by atoms with Gasteiger partial charge in [-0.15, -0.1) is 0 Å². The summed E-state index contributed by atoms with van der Waals surface area (Å²) in [7, 11) is 0. The molecule has 1 fully saturated rings. The fraction of sp³-hybridized carbons (Fsp3) is 0.381. The van der Waals surface area contributed by atoms with Crippen LogP contribution in [-0.2, 0) is 17.9 Å². The van der Waals surface area contributed by atoms with E-state index in [9.17, 15) is 19.7 Å². The van der Waals surface area contributed by atoms with E-state index in [0.29, 0.717) is 18.5 Å². The Bertz CT molecular complexity index is 1160. The fourth-order valence-electron chi connectivity index (χ4n) is 3.76. The number of carbonyl (C=O) groups is 1. The Balaban J connectivity index is 1.30. The number of nitro groups is 1. The first-order valence-corrected chi connectivity index (χ1v) is 10.3. The summed E-state index contributed by atoms with van der Waals surface area (Å²) in [5.41, 5.74) is 1.48. The van der Waals surface area contributed by atoms with Crippen LogP contribution in [-0.4, -0.2) is 33.5 Å². The average Bonchev–Trinajstić information content (AvgIpc) is 3.40. The molecule has 1 amide bonds. The summed E-state index contributed by atoms with van der Waals surface area (Å²) >= 11 is 0. The number of carbonyl (C=O) groups excluding carboxylic acids is 1. The molecule has 1 aromatic carbocycles. The van der Waals surface area contributed by atoms with Crippen LogP contribution in [0, 0.1) is 10.1 Å². The van der Waals surface area contributed by atoms with Gasteiger partial charge in [-0.05, 0) is 43.0 Å². The number of amides is 1. The number of non-ortho nitro benzene ring substituents is 1. The molecule has 1 saturated heterocycles. The summed E-state index contributed by atoms with van der Waals surface area (Å²) in [6.45, 7) is 2.72. The zero-order chi connectivity index (χ0) is 21.8. The Morgan fingerprint density at radius 2 is 2.03 bits per heavy atom. The van der Waals surface area contributed by atoms with Crippen LogP contribution in [0.2, 0.25) is 0 Å². The summed E-state index contributed by atoms with van der Waals surface area (Å²) in [6.07, 6.45) is 4.79. The van der Waals surface area contributed by atoms with E-state index in [0.717, 1.165) is 24.5 Å². The highest BCUT2D eigenvalue weighted by molar-refractivity contribution is 5.76. The molecule has 3 heterocycles. The monoisotopic (exact) mass is 425 g/mol. The number of benzene rings is 1. The molecule has 1 N–H and O–H groups in total. The van der Waals surface area contributed by atoms with Gasteiger partial charge in [-0.25, -0.2) is 9.78 Å². The van der Waals surface area contributed by atoms with Crippen molar-refractivity contribution in [2.75, 3.05) is 18.0 Å². The van der Waals surface area contributed by atoms with Gasteiger partial charge in [-0.3, -0.25) is 19.5 Å². The number of pyridine rings is 1. The van der Waals surface area contributed by atoms with Crippen LogP contribution >= 0.6 is 0 Å². The number of aryl methyl sites for hydroxylation is 1. The van der Waals surface area contributed by atoms with Crippen LogP contribution < -0.4 is 16.0 Å². The van der Waals surface area contributed by atoms with Crippen LogP contribution in [0.1, 0.15) is 31.2 Å². The van der Waals surface area contributed by atoms with E-state index in [1.54, 1.807) is 6.20 Å². The number of nitrogens with one attached hydrogen (secondary N) is 1. The highest BCUT2D eigenvalue weighted by Crippen LogP contribution is 2.21. The van der Waals surface area contributed by atoms with Crippen molar-refractivity contribution in [3.05, 3.63) is 62.8 Å². The summed E-state index contributed by atoms with van der Waals surface area (Å²) < 4.78 is 6.49. The zero-order valence-electron chi connectivity index (χ0n) is 17.0. The van der Waals surface area contributed by atoms with Crippen LogP contribution in [0.25, 0.3) is 11.1 Å². The summed E-state index contributed by atoms with van der Waals surface area (Å²) in [4.78, 5) is 41.3. The van der Waals surface area contributed by atoms with Crippen LogP contribution in [0.3, 0.4) is 0 Å². The van der Waals surface area contributed by atoms with Gasteiger partial charge >= 0.3 is 5.76 Å². The lowest BCUT2D eigenvalue weighted by Crippen LogP contribution is -2.24. The maximum Gasteiger partial charge on any atom is 0.419 e. The van der Waals surface area contributed by atoms with Crippen molar-refractivity contribution in [1.82, 2.24) is 14.9 Å². The number of nitro benzene ring substituents is 1. The number of hydrogen-bond donors (Lipinski definition) is 1. The molecule has 31 heavy (non-hydrogen) atoms. The maximum absolute atomic E-state index is 12.2. The standard InChI is InChI=1S/C21H23N5O5/c27-20(23-14-15-7-8-22-19(12-15)24-9-1-2-10-24)4-3-11-25-17-6-5-16(26(29)30)13-18(17)31-21(25)28/h5-8,12-13H,1-4,9-11,14H2,(H,23,27). The maximum atomic E-state index is 12.2. The molecule has 0 radical (unpaired) electrons. The van der Waals surface area contributed by atoms with Gasteiger partial charge in [0.15, 0.2) is 5.58 Å². The van der Waals surface area contributed by atoms with E-state index in [-0.39, 0.29) is 30.1 Å².